The van der Waals surface area contributed by atoms with E-state index in [2.05, 4.69) is 32.2 Å². The molecule has 2 fully saturated rings. The minimum atomic E-state index is -0.850. The predicted molar refractivity (Wildman–Crippen MR) is 149 cm³/mol. The lowest BCUT2D eigenvalue weighted by atomic mass is 9.99. The number of aromatic nitrogens is 1. The van der Waals surface area contributed by atoms with Crippen molar-refractivity contribution in [3.05, 3.63) is 52.6 Å². The van der Waals surface area contributed by atoms with E-state index in [1.807, 2.05) is 37.3 Å². The van der Waals surface area contributed by atoms with Crippen molar-refractivity contribution in [1.82, 2.24) is 14.8 Å². The molecule has 0 saturated carbocycles. The number of carbonyl (C=O) groups is 1. The number of primary amides is 1. The lowest BCUT2D eigenvalue weighted by Crippen LogP contribution is -2.34. The molecule has 200 valence electrons. The van der Waals surface area contributed by atoms with Gasteiger partial charge in [0.1, 0.15) is 29.8 Å². The molecule has 9 nitrogen and oxygen atoms in total. The largest absolute Gasteiger partial charge is 0.368 e. The van der Waals surface area contributed by atoms with Gasteiger partial charge in [0, 0.05) is 19.6 Å². The van der Waals surface area contributed by atoms with Gasteiger partial charge < -0.3 is 25.8 Å². The molecule has 2 saturated heterocycles. The molecule has 1 amide bonds. The highest BCUT2D eigenvalue weighted by atomic mass is 16.1. The molecule has 1 atom stereocenters. The van der Waals surface area contributed by atoms with E-state index in [1.165, 1.54) is 32.4 Å². The third-order valence-corrected chi connectivity index (χ3v) is 7.59. The zero-order chi connectivity index (χ0) is 26.9. The minimum Gasteiger partial charge on any atom is -0.368 e. The Labute approximate surface area is 225 Å². The van der Waals surface area contributed by atoms with E-state index >= 15 is 0 Å². The Bertz CT molecular complexity index is 1180. The van der Waals surface area contributed by atoms with Gasteiger partial charge in [-0.25, -0.2) is 4.98 Å². The fraction of sp³-hybridized carbons (Fsp3) is 0.517. The molecule has 0 radical (unpaired) electrons. The molecule has 0 spiro atoms. The van der Waals surface area contributed by atoms with Gasteiger partial charge in [-0.2, -0.15) is 10.5 Å². The van der Waals surface area contributed by atoms with Crippen LogP contribution in [0.4, 0.5) is 11.6 Å². The molecule has 4 rings (SSSR count). The highest BCUT2D eigenvalue weighted by Crippen LogP contribution is 2.32. The first-order valence-corrected chi connectivity index (χ1v) is 13.7. The van der Waals surface area contributed by atoms with Crippen molar-refractivity contribution in [1.29, 1.82) is 10.5 Å². The van der Waals surface area contributed by atoms with Gasteiger partial charge in [-0.1, -0.05) is 37.3 Å². The summed E-state index contributed by atoms with van der Waals surface area (Å²) in [7, 11) is 0. The number of anilines is 2. The number of nitrogens with two attached hydrogens (primary N) is 1. The van der Waals surface area contributed by atoms with Gasteiger partial charge in [-0.15, -0.1) is 0 Å². The van der Waals surface area contributed by atoms with Crippen LogP contribution in [0.15, 0.2) is 30.3 Å². The van der Waals surface area contributed by atoms with Crippen LogP contribution in [-0.4, -0.2) is 73.0 Å². The second kappa shape index (κ2) is 13.2. The van der Waals surface area contributed by atoms with Crippen molar-refractivity contribution in [3.63, 3.8) is 0 Å². The summed E-state index contributed by atoms with van der Waals surface area (Å²) in [6, 6.07) is 12.9. The molecule has 1 aromatic heterocycles. The van der Waals surface area contributed by atoms with Gasteiger partial charge in [0.05, 0.1) is 11.1 Å². The maximum Gasteiger partial charge on any atom is 0.244 e. The third kappa shape index (κ3) is 6.42. The van der Waals surface area contributed by atoms with Gasteiger partial charge in [0.2, 0.25) is 5.91 Å². The highest BCUT2D eigenvalue weighted by molar-refractivity contribution is 5.85. The number of carbonyl (C=O) groups excluding carboxylic acids is 1. The number of pyridine rings is 1. The lowest BCUT2D eigenvalue weighted by molar-refractivity contribution is -0.118. The van der Waals surface area contributed by atoms with Crippen molar-refractivity contribution in [2.75, 3.05) is 62.6 Å². The molecular weight excluding hydrogens is 476 g/mol. The van der Waals surface area contributed by atoms with Crippen molar-refractivity contribution in [3.8, 4) is 12.1 Å². The first kappa shape index (κ1) is 27.4. The maximum absolute atomic E-state index is 12.4. The summed E-state index contributed by atoms with van der Waals surface area (Å²) in [5.41, 5.74) is 7.80. The molecule has 0 unspecified atom stereocenters. The molecule has 3 heterocycles. The first-order chi connectivity index (χ1) is 18.5. The minimum absolute atomic E-state index is 0.286. The van der Waals surface area contributed by atoms with Crippen molar-refractivity contribution in [2.24, 2.45) is 5.73 Å². The Morgan fingerprint density at radius 1 is 0.974 bits per heavy atom. The van der Waals surface area contributed by atoms with Crippen LogP contribution in [0.2, 0.25) is 0 Å². The van der Waals surface area contributed by atoms with Gasteiger partial charge in [-0.05, 0) is 76.0 Å². The van der Waals surface area contributed by atoms with E-state index in [0.717, 1.165) is 45.7 Å². The molecular formula is C29H38N8O. The fourth-order valence-electron chi connectivity index (χ4n) is 5.58. The summed E-state index contributed by atoms with van der Waals surface area (Å²) in [6.07, 6.45) is 5.27. The Hall–Kier alpha value is -3.66. The summed E-state index contributed by atoms with van der Waals surface area (Å²) in [5, 5.41) is 23.3. The summed E-state index contributed by atoms with van der Waals surface area (Å²) in [4.78, 5) is 24.4. The molecule has 2 aliphatic heterocycles. The van der Waals surface area contributed by atoms with E-state index in [-0.39, 0.29) is 11.4 Å². The molecule has 38 heavy (non-hydrogen) atoms. The Morgan fingerprint density at radius 3 is 2.26 bits per heavy atom. The van der Waals surface area contributed by atoms with Gasteiger partial charge in [0.15, 0.2) is 0 Å². The second-order valence-corrected chi connectivity index (χ2v) is 10.1. The number of nitrogens with one attached hydrogen (secondary N) is 1. The lowest BCUT2D eigenvalue weighted by Gasteiger charge is -2.27. The number of rotatable bonds is 10. The van der Waals surface area contributed by atoms with Crippen molar-refractivity contribution >= 4 is 17.5 Å². The van der Waals surface area contributed by atoms with E-state index in [4.69, 9.17) is 10.7 Å². The zero-order valence-electron chi connectivity index (χ0n) is 22.3. The fourth-order valence-corrected chi connectivity index (χ4v) is 5.58. The number of hydrogen-bond donors (Lipinski definition) is 2. The smallest absolute Gasteiger partial charge is 0.244 e. The molecule has 0 bridgehead atoms. The Balaban J connectivity index is 1.57. The zero-order valence-corrected chi connectivity index (χ0v) is 22.3. The van der Waals surface area contributed by atoms with Crippen LogP contribution >= 0.6 is 0 Å². The number of nitrogens with zero attached hydrogens (tertiary/aromatic N) is 6. The summed E-state index contributed by atoms with van der Waals surface area (Å²) in [5.74, 6) is 0.295. The van der Waals surface area contributed by atoms with Crippen LogP contribution in [0.3, 0.4) is 0 Å². The molecule has 0 aliphatic carbocycles. The summed E-state index contributed by atoms with van der Waals surface area (Å²) >= 11 is 0. The maximum atomic E-state index is 12.4. The number of likely N-dealkylation sites (tertiary alicyclic amines) is 1. The van der Waals surface area contributed by atoms with Gasteiger partial charge >= 0.3 is 0 Å². The van der Waals surface area contributed by atoms with Gasteiger partial charge in [0.25, 0.3) is 0 Å². The third-order valence-electron chi connectivity index (χ3n) is 7.59. The van der Waals surface area contributed by atoms with Crippen molar-refractivity contribution in [2.45, 2.75) is 45.1 Å². The van der Waals surface area contributed by atoms with Crippen LogP contribution in [-0.2, 0) is 11.2 Å². The second-order valence-electron chi connectivity index (χ2n) is 10.1. The molecule has 2 aromatic rings. The highest BCUT2D eigenvalue weighted by Gasteiger charge is 2.27. The van der Waals surface area contributed by atoms with Crippen molar-refractivity contribution < 1.29 is 4.79 Å². The summed E-state index contributed by atoms with van der Waals surface area (Å²) in [6.45, 7) is 10.0. The standard InChI is InChI=1S/C29H38N8O/c1-2-23-24(20-30)28(33-26(27(32)38)22-10-4-3-5-11-22)34-29(25(23)21-31)37-17-9-16-36(18-19-37)15-8-14-35-12-6-7-13-35/h3-5,10-11,26H,2,6-9,12-19H2,1H3,(H2,32,38)(H,33,34)/t26-/m1/s1. The topological polar surface area (TPSA) is 125 Å². The Kier molecular flexibility index (Phi) is 9.53. The van der Waals surface area contributed by atoms with Crippen LogP contribution in [0.25, 0.3) is 0 Å². The van der Waals surface area contributed by atoms with E-state index in [9.17, 15) is 15.3 Å². The molecule has 1 aromatic carbocycles. The number of hydrogen-bond acceptors (Lipinski definition) is 8. The number of nitriles is 2. The van der Waals surface area contributed by atoms with Crippen LogP contribution < -0.4 is 16.0 Å². The number of amides is 1. The summed E-state index contributed by atoms with van der Waals surface area (Å²) < 4.78 is 0. The van der Waals surface area contributed by atoms with Crippen LogP contribution in [0.1, 0.15) is 60.9 Å². The Morgan fingerprint density at radius 2 is 1.63 bits per heavy atom. The van der Waals surface area contributed by atoms with E-state index in [1.54, 1.807) is 0 Å². The molecule has 9 heteroatoms. The quantitative estimate of drug-likeness (QED) is 0.496. The first-order valence-electron chi connectivity index (χ1n) is 13.7. The van der Waals surface area contributed by atoms with Crippen LogP contribution in [0.5, 0.6) is 0 Å². The monoisotopic (exact) mass is 514 g/mol. The predicted octanol–water partition coefficient (Wildman–Crippen LogP) is 3.02. The average molecular weight is 515 g/mol. The number of benzene rings is 1. The molecule has 3 N–H and O–H groups in total. The normalized spacial score (nSPS) is 17.4. The molecule has 2 aliphatic rings. The average Bonchev–Trinajstić information content (AvgIpc) is 3.35. The van der Waals surface area contributed by atoms with Crippen LogP contribution in [0, 0.1) is 22.7 Å². The van der Waals surface area contributed by atoms with E-state index in [0.29, 0.717) is 28.9 Å². The SMILES string of the molecule is CCc1c(C#N)c(N[C@@H](C(N)=O)c2ccccc2)nc(N2CCCN(CCCN3CCCC3)CC2)c1C#N. The van der Waals surface area contributed by atoms with Gasteiger partial charge in [-0.3, -0.25) is 4.79 Å². The van der Waals surface area contributed by atoms with E-state index < -0.39 is 11.9 Å².